The summed E-state index contributed by atoms with van der Waals surface area (Å²) in [5, 5.41) is 3.07. The van der Waals surface area contributed by atoms with Gasteiger partial charge in [0.05, 0.1) is 0 Å². The van der Waals surface area contributed by atoms with Gasteiger partial charge < -0.3 is 5.32 Å². The number of carbonyl (C=O) groups is 1. The van der Waals surface area contributed by atoms with Gasteiger partial charge in [-0.1, -0.05) is 55.3 Å². The molecule has 94 valence electrons. The van der Waals surface area contributed by atoms with E-state index in [1.807, 2.05) is 12.1 Å². The van der Waals surface area contributed by atoms with Gasteiger partial charge in [-0.15, -0.1) is 0 Å². The third kappa shape index (κ3) is 2.34. The van der Waals surface area contributed by atoms with Gasteiger partial charge in [-0.2, -0.15) is 0 Å². The zero-order chi connectivity index (χ0) is 13.0. The highest BCUT2D eigenvalue weighted by molar-refractivity contribution is 6.27. The van der Waals surface area contributed by atoms with Crippen LogP contribution in [0.1, 0.15) is 24.5 Å². The molecule has 0 radical (unpaired) electrons. The molecule has 1 atom stereocenters. The smallest absolute Gasteiger partial charge is 0.167 e. The van der Waals surface area contributed by atoms with Crippen molar-refractivity contribution in [2.24, 2.45) is 0 Å². The van der Waals surface area contributed by atoms with Crippen molar-refractivity contribution in [3.05, 3.63) is 59.3 Å². The summed E-state index contributed by atoms with van der Waals surface area (Å²) in [5.74, 6) is 0. The predicted octanol–water partition coefficient (Wildman–Crippen LogP) is 3.27. The van der Waals surface area contributed by atoms with Crippen molar-refractivity contribution in [3.63, 3.8) is 0 Å². The van der Waals surface area contributed by atoms with E-state index in [4.69, 9.17) is 11.6 Å². The number of carbonyl (C=O) groups excluding carboxylic acids is 1. The fourth-order valence-electron chi connectivity index (χ4n) is 2.11. The van der Waals surface area contributed by atoms with Crippen LogP contribution in [-0.2, 0) is 16.2 Å². The molecule has 0 saturated heterocycles. The second-order valence-electron chi connectivity index (χ2n) is 4.35. The van der Waals surface area contributed by atoms with E-state index in [2.05, 4.69) is 24.4 Å². The standard InChI is InChI=1S/C15H16ClNO/c1-2-5-12-6-3-7-13(10-12)15(16)14(11-18)8-4-9-17-15/h3-4,6-11,17H,2,5H2,1H3. The second kappa shape index (κ2) is 5.40. The molecule has 18 heavy (non-hydrogen) atoms. The van der Waals surface area contributed by atoms with E-state index in [9.17, 15) is 4.79 Å². The topological polar surface area (TPSA) is 29.1 Å². The molecule has 1 aliphatic heterocycles. The Bertz CT molecular complexity index is 507. The monoisotopic (exact) mass is 261 g/mol. The van der Waals surface area contributed by atoms with Gasteiger partial charge in [0, 0.05) is 5.57 Å². The predicted molar refractivity (Wildman–Crippen MR) is 74.4 cm³/mol. The summed E-state index contributed by atoms with van der Waals surface area (Å²) < 4.78 is 0. The van der Waals surface area contributed by atoms with Crippen molar-refractivity contribution >= 4 is 17.9 Å². The van der Waals surface area contributed by atoms with Gasteiger partial charge in [0.2, 0.25) is 0 Å². The molecule has 1 aromatic rings. The van der Waals surface area contributed by atoms with Crippen LogP contribution in [0.15, 0.2) is 48.2 Å². The molecule has 1 N–H and O–H groups in total. The van der Waals surface area contributed by atoms with Crippen molar-refractivity contribution in [2.75, 3.05) is 0 Å². The molecule has 2 rings (SSSR count). The number of dihydropyridines is 1. The van der Waals surface area contributed by atoms with Crippen LogP contribution in [-0.4, -0.2) is 6.29 Å². The Morgan fingerprint density at radius 2 is 2.28 bits per heavy atom. The summed E-state index contributed by atoms with van der Waals surface area (Å²) in [7, 11) is 0. The van der Waals surface area contributed by atoms with Crippen LogP contribution >= 0.6 is 11.6 Å². The lowest BCUT2D eigenvalue weighted by atomic mass is 9.94. The van der Waals surface area contributed by atoms with Gasteiger partial charge in [0.15, 0.2) is 5.00 Å². The number of rotatable bonds is 4. The molecule has 2 nitrogen and oxygen atoms in total. The Morgan fingerprint density at radius 3 is 3.00 bits per heavy atom. The van der Waals surface area contributed by atoms with Gasteiger partial charge in [-0.3, -0.25) is 4.79 Å². The zero-order valence-corrected chi connectivity index (χ0v) is 11.1. The fourth-order valence-corrected chi connectivity index (χ4v) is 2.40. The molecule has 0 aromatic heterocycles. The largest absolute Gasteiger partial charge is 0.365 e. The Morgan fingerprint density at radius 1 is 1.44 bits per heavy atom. The van der Waals surface area contributed by atoms with E-state index in [-0.39, 0.29) is 0 Å². The molecule has 1 aromatic carbocycles. The maximum absolute atomic E-state index is 11.1. The number of hydrogen-bond donors (Lipinski definition) is 1. The Kier molecular flexibility index (Phi) is 3.87. The lowest BCUT2D eigenvalue weighted by molar-refractivity contribution is -0.105. The average Bonchev–Trinajstić information content (AvgIpc) is 2.40. The molecule has 0 fully saturated rings. The molecule has 3 heteroatoms. The molecule has 1 aliphatic rings. The lowest BCUT2D eigenvalue weighted by Gasteiger charge is -2.30. The van der Waals surface area contributed by atoms with Gasteiger partial charge >= 0.3 is 0 Å². The van der Waals surface area contributed by atoms with Crippen LogP contribution in [0, 0.1) is 0 Å². The van der Waals surface area contributed by atoms with Crippen LogP contribution in [0.4, 0.5) is 0 Å². The first kappa shape index (κ1) is 12.9. The van der Waals surface area contributed by atoms with Crippen LogP contribution in [0.3, 0.4) is 0 Å². The molecule has 0 bridgehead atoms. The van der Waals surface area contributed by atoms with E-state index in [0.717, 1.165) is 24.7 Å². The molecule has 0 aliphatic carbocycles. The number of aryl methyl sites for hydroxylation is 1. The van der Waals surface area contributed by atoms with E-state index in [0.29, 0.717) is 5.57 Å². The number of benzene rings is 1. The number of aldehydes is 1. The highest BCUT2D eigenvalue weighted by atomic mass is 35.5. The zero-order valence-electron chi connectivity index (χ0n) is 10.3. The van der Waals surface area contributed by atoms with Crippen LogP contribution in [0.2, 0.25) is 0 Å². The summed E-state index contributed by atoms with van der Waals surface area (Å²) in [6.07, 6.45) is 8.17. The summed E-state index contributed by atoms with van der Waals surface area (Å²) in [6, 6.07) is 8.05. The number of hydrogen-bond acceptors (Lipinski definition) is 2. The first-order valence-electron chi connectivity index (χ1n) is 6.09. The SMILES string of the molecule is CCCc1cccc(C2(Cl)NC=CC=C2C=O)c1. The summed E-state index contributed by atoms with van der Waals surface area (Å²) in [4.78, 5) is 10.2. The Balaban J connectivity index is 2.40. The highest BCUT2D eigenvalue weighted by Gasteiger charge is 2.34. The third-order valence-electron chi connectivity index (χ3n) is 3.04. The number of halogens is 1. The summed E-state index contributed by atoms with van der Waals surface area (Å²) in [5.41, 5.74) is 2.66. The van der Waals surface area contributed by atoms with E-state index < -0.39 is 5.00 Å². The van der Waals surface area contributed by atoms with E-state index in [1.165, 1.54) is 5.56 Å². The minimum atomic E-state index is -0.944. The third-order valence-corrected chi connectivity index (χ3v) is 3.59. The second-order valence-corrected chi connectivity index (χ2v) is 4.92. The van der Waals surface area contributed by atoms with Crippen LogP contribution in [0.25, 0.3) is 0 Å². The number of nitrogens with one attached hydrogen (secondary N) is 1. The minimum absolute atomic E-state index is 0.528. The Labute approximate surface area is 112 Å². The fraction of sp³-hybridized carbons (Fsp3) is 0.267. The van der Waals surface area contributed by atoms with Gasteiger partial charge in [0.25, 0.3) is 0 Å². The number of alkyl halides is 1. The molecular weight excluding hydrogens is 246 g/mol. The molecule has 0 spiro atoms. The summed E-state index contributed by atoms with van der Waals surface area (Å²) >= 11 is 6.58. The maximum Gasteiger partial charge on any atom is 0.167 e. The quantitative estimate of drug-likeness (QED) is 0.512. The van der Waals surface area contributed by atoms with E-state index >= 15 is 0 Å². The maximum atomic E-state index is 11.1. The highest BCUT2D eigenvalue weighted by Crippen LogP contribution is 2.35. The van der Waals surface area contributed by atoms with Crippen molar-refractivity contribution in [1.82, 2.24) is 5.32 Å². The average molecular weight is 262 g/mol. The summed E-state index contributed by atoms with van der Waals surface area (Å²) in [6.45, 7) is 2.14. The van der Waals surface area contributed by atoms with Gasteiger partial charge in [-0.05, 0) is 29.8 Å². The Hall–Kier alpha value is -1.54. The molecule has 0 saturated carbocycles. The van der Waals surface area contributed by atoms with Crippen LogP contribution < -0.4 is 5.32 Å². The molecule has 0 amide bonds. The van der Waals surface area contributed by atoms with E-state index in [1.54, 1.807) is 18.4 Å². The van der Waals surface area contributed by atoms with Crippen molar-refractivity contribution in [3.8, 4) is 0 Å². The lowest BCUT2D eigenvalue weighted by Crippen LogP contribution is -2.37. The molecule has 1 unspecified atom stereocenters. The first-order chi connectivity index (χ1) is 8.70. The molecular formula is C15H16ClNO. The molecule has 1 heterocycles. The van der Waals surface area contributed by atoms with Crippen molar-refractivity contribution in [2.45, 2.75) is 24.8 Å². The van der Waals surface area contributed by atoms with Gasteiger partial charge in [-0.25, -0.2) is 0 Å². The van der Waals surface area contributed by atoms with Gasteiger partial charge in [0.1, 0.15) is 6.29 Å². The van der Waals surface area contributed by atoms with Crippen molar-refractivity contribution < 1.29 is 4.79 Å². The first-order valence-corrected chi connectivity index (χ1v) is 6.47. The minimum Gasteiger partial charge on any atom is -0.365 e. The normalized spacial score (nSPS) is 22.2. The number of allylic oxidation sites excluding steroid dienone is 2. The van der Waals surface area contributed by atoms with Crippen LogP contribution in [0.5, 0.6) is 0 Å². The van der Waals surface area contributed by atoms with Crippen molar-refractivity contribution in [1.29, 1.82) is 0 Å².